The van der Waals surface area contributed by atoms with Gasteiger partial charge < -0.3 is 19.7 Å². The average molecular weight is 437 g/mol. The van der Waals surface area contributed by atoms with E-state index in [0.717, 1.165) is 23.2 Å². The zero-order chi connectivity index (χ0) is 23.1. The van der Waals surface area contributed by atoms with Gasteiger partial charge in [0.25, 0.3) is 0 Å². The van der Waals surface area contributed by atoms with Crippen LogP contribution in [-0.2, 0) is 13.6 Å². The van der Waals surface area contributed by atoms with E-state index < -0.39 is 0 Å². The first-order chi connectivity index (χ1) is 15.4. The lowest BCUT2D eigenvalue weighted by Gasteiger charge is -2.24. The molecule has 0 spiro atoms. The Labute approximate surface area is 190 Å². The van der Waals surface area contributed by atoms with Crippen LogP contribution in [0.15, 0.2) is 54.6 Å². The van der Waals surface area contributed by atoms with E-state index in [1.807, 2.05) is 75.5 Å². The lowest BCUT2D eigenvalue weighted by atomic mass is 10.1. The van der Waals surface area contributed by atoms with E-state index in [9.17, 15) is 4.79 Å². The van der Waals surface area contributed by atoms with Crippen molar-refractivity contribution in [3.8, 4) is 28.6 Å². The number of aryl methyl sites for hydroxylation is 1. The number of hydrogen-bond donors (Lipinski definition) is 1. The molecule has 0 radical (unpaired) electrons. The third kappa shape index (κ3) is 5.41. The molecular formula is C25H32N4O3. The number of ether oxygens (including phenoxy) is 2. The number of benzene rings is 2. The fourth-order valence-corrected chi connectivity index (χ4v) is 3.51. The van der Waals surface area contributed by atoms with Crippen LogP contribution in [0.3, 0.4) is 0 Å². The summed E-state index contributed by atoms with van der Waals surface area (Å²) < 4.78 is 13.5. The van der Waals surface area contributed by atoms with Crippen molar-refractivity contribution in [2.45, 2.75) is 39.8 Å². The third-order valence-corrected chi connectivity index (χ3v) is 4.95. The molecule has 7 nitrogen and oxygen atoms in total. The van der Waals surface area contributed by atoms with Crippen LogP contribution in [0.5, 0.6) is 17.4 Å². The summed E-state index contributed by atoms with van der Waals surface area (Å²) >= 11 is 0. The van der Waals surface area contributed by atoms with Gasteiger partial charge in [0, 0.05) is 25.2 Å². The summed E-state index contributed by atoms with van der Waals surface area (Å²) in [6.07, 6.45) is 0.842. The molecule has 3 aromatic rings. The minimum atomic E-state index is -0.104. The second-order valence-electron chi connectivity index (χ2n) is 7.90. The average Bonchev–Trinajstić information content (AvgIpc) is 3.09. The normalized spacial score (nSPS) is 10.8. The number of hydrogen-bond acceptors (Lipinski definition) is 4. The minimum absolute atomic E-state index is 0.0497. The molecule has 2 aromatic carbocycles. The van der Waals surface area contributed by atoms with Gasteiger partial charge in [0.15, 0.2) is 11.5 Å². The summed E-state index contributed by atoms with van der Waals surface area (Å²) in [6, 6.07) is 17.4. The Bertz CT molecular complexity index is 1030. The van der Waals surface area contributed by atoms with Crippen LogP contribution in [-0.4, -0.2) is 40.4 Å². The molecule has 7 heteroatoms. The summed E-state index contributed by atoms with van der Waals surface area (Å²) in [6.45, 7) is 6.96. The zero-order valence-electron chi connectivity index (χ0n) is 19.5. The van der Waals surface area contributed by atoms with Gasteiger partial charge in [0.2, 0.25) is 5.88 Å². The number of carbonyl (C=O) groups excluding carboxylic acids is 1. The predicted octanol–water partition coefficient (Wildman–Crippen LogP) is 5.22. The molecule has 2 amide bonds. The van der Waals surface area contributed by atoms with Crippen LogP contribution >= 0.6 is 0 Å². The molecule has 1 aromatic heterocycles. The van der Waals surface area contributed by atoms with Crippen LogP contribution < -0.4 is 14.8 Å². The Hall–Kier alpha value is -3.48. The molecular weight excluding hydrogens is 404 g/mol. The molecule has 0 atom stereocenters. The topological polar surface area (TPSA) is 68.6 Å². The number of urea groups is 1. The number of aromatic nitrogens is 2. The molecule has 0 fully saturated rings. The van der Waals surface area contributed by atoms with Gasteiger partial charge in [-0.05, 0) is 32.4 Å². The Morgan fingerprint density at radius 1 is 1.09 bits per heavy atom. The molecule has 32 heavy (non-hydrogen) atoms. The molecule has 0 unspecified atom stereocenters. The highest BCUT2D eigenvalue weighted by Crippen LogP contribution is 2.37. The van der Waals surface area contributed by atoms with Gasteiger partial charge in [-0.1, -0.05) is 49.4 Å². The van der Waals surface area contributed by atoms with E-state index in [0.29, 0.717) is 30.5 Å². The van der Waals surface area contributed by atoms with Gasteiger partial charge >= 0.3 is 6.03 Å². The number of nitrogens with one attached hydrogen (secondary N) is 1. The van der Waals surface area contributed by atoms with Gasteiger partial charge in [0.05, 0.1) is 19.2 Å². The van der Waals surface area contributed by atoms with Gasteiger partial charge in [-0.15, -0.1) is 0 Å². The number of rotatable bonds is 9. The monoisotopic (exact) mass is 436 g/mol. The van der Waals surface area contributed by atoms with Crippen LogP contribution in [0.2, 0.25) is 0 Å². The molecule has 0 aliphatic carbocycles. The Balaban J connectivity index is 2.07. The maximum absolute atomic E-state index is 12.9. The molecule has 3 rings (SSSR count). The highest BCUT2D eigenvalue weighted by molar-refractivity contribution is 5.75. The van der Waals surface area contributed by atoms with E-state index in [2.05, 4.69) is 12.2 Å². The molecule has 0 aliphatic rings. The van der Waals surface area contributed by atoms with Crippen molar-refractivity contribution in [2.75, 3.05) is 13.7 Å². The molecule has 1 N–H and O–H groups in total. The number of amides is 2. The Morgan fingerprint density at radius 2 is 1.75 bits per heavy atom. The third-order valence-electron chi connectivity index (χ3n) is 4.95. The highest BCUT2D eigenvalue weighted by Gasteiger charge is 2.25. The first-order valence-corrected chi connectivity index (χ1v) is 10.9. The SMILES string of the molecule is CCCN(Cc1c(-c2ccccc2)nn(C)c1Oc1ccccc1OC)C(=O)NC(C)C. The zero-order valence-corrected chi connectivity index (χ0v) is 19.5. The van der Waals surface area contributed by atoms with Crippen LogP contribution in [0, 0.1) is 0 Å². The van der Waals surface area contributed by atoms with Crippen molar-refractivity contribution >= 4 is 6.03 Å². The standard InChI is InChI=1S/C25H32N4O3/c1-6-16-29(25(30)26-18(2)3)17-20-23(19-12-8-7-9-13-19)27-28(4)24(20)32-22-15-11-10-14-21(22)31-5/h7-15,18H,6,16-17H2,1-5H3,(H,26,30). The van der Waals surface area contributed by atoms with Crippen molar-refractivity contribution in [1.29, 1.82) is 0 Å². The maximum Gasteiger partial charge on any atom is 0.317 e. The summed E-state index contributed by atoms with van der Waals surface area (Å²) in [5, 5.41) is 7.76. The molecule has 1 heterocycles. The minimum Gasteiger partial charge on any atom is -0.493 e. The van der Waals surface area contributed by atoms with Crippen molar-refractivity contribution in [1.82, 2.24) is 20.0 Å². The van der Waals surface area contributed by atoms with Gasteiger partial charge in [-0.3, -0.25) is 0 Å². The Morgan fingerprint density at radius 3 is 2.38 bits per heavy atom. The van der Waals surface area contributed by atoms with Gasteiger partial charge in [-0.2, -0.15) is 5.10 Å². The largest absolute Gasteiger partial charge is 0.493 e. The van der Waals surface area contributed by atoms with Gasteiger partial charge in [-0.25, -0.2) is 9.48 Å². The van der Waals surface area contributed by atoms with Crippen molar-refractivity contribution < 1.29 is 14.3 Å². The first-order valence-electron chi connectivity index (χ1n) is 10.9. The molecule has 170 valence electrons. The van der Waals surface area contributed by atoms with E-state index in [1.165, 1.54) is 0 Å². The van der Waals surface area contributed by atoms with E-state index in [-0.39, 0.29) is 12.1 Å². The number of carbonyl (C=O) groups is 1. The Kier molecular flexibility index (Phi) is 7.76. The smallest absolute Gasteiger partial charge is 0.317 e. The maximum atomic E-state index is 12.9. The number of para-hydroxylation sites is 2. The predicted molar refractivity (Wildman–Crippen MR) is 126 cm³/mol. The van der Waals surface area contributed by atoms with E-state index >= 15 is 0 Å². The quantitative estimate of drug-likeness (QED) is 0.499. The summed E-state index contributed by atoms with van der Waals surface area (Å²) in [5.41, 5.74) is 2.60. The molecule has 0 saturated heterocycles. The molecule has 0 bridgehead atoms. The second kappa shape index (κ2) is 10.7. The van der Waals surface area contributed by atoms with Crippen molar-refractivity contribution in [3.63, 3.8) is 0 Å². The fraction of sp³-hybridized carbons (Fsp3) is 0.360. The van der Waals surface area contributed by atoms with Crippen molar-refractivity contribution in [2.24, 2.45) is 7.05 Å². The highest BCUT2D eigenvalue weighted by atomic mass is 16.5. The van der Waals surface area contributed by atoms with Crippen LogP contribution in [0.4, 0.5) is 4.79 Å². The lowest BCUT2D eigenvalue weighted by Crippen LogP contribution is -2.43. The van der Waals surface area contributed by atoms with E-state index in [1.54, 1.807) is 16.7 Å². The second-order valence-corrected chi connectivity index (χ2v) is 7.90. The number of nitrogens with zero attached hydrogens (tertiary/aromatic N) is 3. The lowest BCUT2D eigenvalue weighted by molar-refractivity contribution is 0.192. The molecule has 0 saturated carbocycles. The summed E-state index contributed by atoms with van der Waals surface area (Å²) in [5.74, 6) is 1.79. The number of methoxy groups -OCH3 is 1. The van der Waals surface area contributed by atoms with Gasteiger partial charge in [0.1, 0.15) is 5.69 Å². The van der Waals surface area contributed by atoms with Crippen LogP contribution in [0.1, 0.15) is 32.8 Å². The summed E-state index contributed by atoms with van der Waals surface area (Å²) in [4.78, 5) is 14.7. The fourth-order valence-electron chi connectivity index (χ4n) is 3.51. The summed E-state index contributed by atoms with van der Waals surface area (Å²) in [7, 11) is 3.46. The van der Waals surface area contributed by atoms with Crippen LogP contribution in [0.25, 0.3) is 11.3 Å². The first kappa shape index (κ1) is 23.2. The molecule has 0 aliphatic heterocycles. The van der Waals surface area contributed by atoms with Crippen molar-refractivity contribution in [3.05, 3.63) is 60.2 Å². The van der Waals surface area contributed by atoms with E-state index in [4.69, 9.17) is 14.6 Å².